The fraction of sp³-hybridized carbons (Fsp3) is 0.294. The molecule has 0 aliphatic rings. The van der Waals surface area contributed by atoms with Crippen LogP contribution in [0.1, 0.15) is 24.0 Å². The summed E-state index contributed by atoms with van der Waals surface area (Å²) in [4.78, 5) is 1.38. The molecule has 0 fully saturated rings. The molecule has 0 saturated carbocycles. The van der Waals surface area contributed by atoms with Crippen molar-refractivity contribution >= 4 is 11.8 Å². The van der Waals surface area contributed by atoms with Crippen LogP contribution in [0.2, 0.25) is 0 Å². The first-order valence-corrected chi connectivity index (χ1v) is 7.56. The van der Waals surface area contributed by atoms with Crippen LogP contribution in [0.25, 0.3) is 0 Å². The molecule has 0 spiro atoms. The maximum atomic E-state index is 2.25. The van der Waals surface area contributed by atoms with E-state index in [1.807, 2.05) is 11.8 Å². The molecule has 2 aromatic carbocycles. The van der Waals surface area contributed by atoms with Gasteiger partial charge in [-0.25, -0.2) is 0 Å². The molecule has 94 valence electrons. The Morgan fingerprint density at radius 2 is 1.56 bits per heavy atom. The van der Waals surface area contributed by atoms with Crippen molar-refractivity contribution in [1.29, 1.82) is 0 Å². The van der Waals surface area contributed by atoms with Crippen LogP contribution in [0.4, 0.5) is 0 Å². The Bertz CT molecular complexity index is 445. The van der Waals surface area contributed by atoms with Gasteiger partial charge in [-0.1, -0.05) is 48.0 Å². The Hall–Kier alpha value is -1.21. The molecule has 0 aliphatic heterocycles. The van der Waals surface area contributed by atoms with E-state index in [4.69, 9.17) is 0 Å². The van der Waals surface area contributed by atoms with Gasteiger partial charge in [-0.15, -0.1) is 11.8 Å². The van der Waals surface area contributed by atoms with Gasteiger partial charge in [0.1, 0.15) is 0 Å². The molecule has 0 nitrogen and oxygen atoms in total. The first kappa shape index (κ1) is 13.2. The number of benzene rings is 2. The van der Waals surface area contributed by atoms with Gasteiger partial charge >= 0.3 is 0 Å². The van der Waals surface area contributed by atoms with Crippen molar-refractivity contribution in [3.63, 3.8) is 0 Å². The third-order valence-corrected chi connectivity index (χ3v) is 4.09. The van der Waals surface area contributed by atoms with Gasteiger partial charge in [0.15, 0.2) is 0 Å². The number of thioether (sulfide) groups is 1. The van der Waals surface area contributed by atoms with E-state index >= 15 is 0 Å². The molecule has 0 amide bonds. The highest BCUT2D eigenvalue weighted by Gasteiger charge is 1.95. The van der Waals surface area contributed by atoms with E-state index in [1.54, 1.807) is 0 Å². The summed E-state index contributed by atoms with van der Waals surface area (Å²) < 4.78 is 0. The number of rotatable bonds is 6. The van der Waals surface area contributed by atoms with Crippen LogP contribution < -0.4 is 0 Å². The van der Waals surface area contributed by atoms with Gasteiger partial charge in [-0.05, 0) is 49.6 Å². The van der Waals surface area contributed by atoms with Crippen molar-refractivity contribution in [2.45, 2.75) is 31.1 Å². The third kappa shape index (κ3) is 4.58. The molecule has 0 atom stereocenters. The lowest BCUT2D eigenvalue weighted by Gasteiger charge is -2.03. The van der Waals surface area contributed by atoms with Crippen LogP contribution >= 0.6 is 11.8 Å². The Morgan fingerprint density at radius 3 is 2.28 bits per heavy atom. The molecule has 0 radical (unpaired) electrons. The quantitative estimate of drug-likeness (QED) is 0.511. The van der Waals surface area contributed by atoms with Crippen LogP contribution in [0.3, 0.4) is 0 Å². The second-order valence-electron chi connectivity index (χ2n) is 4.60. The van der Waals surface area contributed by atoms with Crippen molar-refractivity contribution in [2.24, 2.45) is 0 Å². The van der Waals surface area contributed by atoms with Crippen LogP contribution in [-0.4, -0.2) is 5.75 Å². The average molecular weight is 256 g/mol. The first-order chi connectivity index (χ1) is 8.84. The van der Waals surface area contributed by atoms with Gasteiger partial charge in [0.05, 0.1) is 0 Å². The molecule has 18 heavy (non-hydrogen) atoms. The SMILES string of the molecule is Cc1ccc(CCCCSc2ccccc2)cc1. The Balaban J connectivity index is 1.63. The summed E-state index contributed by atoms with van der Waals surface area (Å²) in [5.41, 5.74) is 2.81. The van der Waals surface area contributed by atoms with Gasteiger partial charge in [-0.2, -0.15) is 0 Å². The molecule has 0 heterocycles. The molecule has 0 saturated heterocycles. The fourth-order valence-corrected chi connectivity index (χ4v) is 2.83. The highest BCUT2D eigenvalue weighted by Crippen LogP contribution is 2.19. The Morgan fingerprint density at radius 1 is 0.833 bits per heavy atom. The summed E-state index contributed by atoms with van der Waals surface area (Å²) in [5.74, 6) is 1.22. The number of unbranched alkanes of at least 4 members (excludes halogenated alkanes) is 1. The minimum atomic E-state index is 1.20. The Labute approximate surface area is 114 Å². The second kappa shape index (κ2) is 7.27. The molecular formula is C17H20S. The normalized spacial score (nSPS) is 10.5. The van der Waals surface area contributed by atoms with Crippen molar-refractivity contribution in [3.8, 4) is 0 Å². The molecule has 2 aromatic rings. The lowest BCUT2D eigenvalue weighted by molar-refractivity contribution is 0.802. The van der Waals surface area contributed by atoms with E-state index in [0.717, 1.165) is 0 Å². The van der Waals surface area contributed by atoms with Crippen molar-refractivity contribution in [1.82, 2.24) is 0 Å². The van der Waals surface area contributed by atoms with Crippen LogP contribution in [0, 0.1) is 6.92 Å². The monoisotopic (exact) mass is 256 g/mol. The molecule has 0 bridgehead atoms. The zero-order valence-corrected chi connectivity index (χ0v) is 11.7. The van der Waals surface area contributed by atoms with E-state index in [0.29, 0.717) is 0 Å². The first-order valence-electron chi connectivity index (χ1n) is 6.58. The average Bonchev–Trinajstić information content (AvgIpc) is 2.42. The zero-order valence-electron chi connectivity index (χ0n) is 10.9. The van der Waals surface area contributed by atoms with E-state index in [1.165, 1.54) is 41.0 Å². The molecule has 2 rings (SSSR count). The van der Waals surface area contributed by atoms with Crippen molar-refractivity contribution in [2.75, 3.05) is 5.75 Å². The topological polar surface area (TPSA) is 0 Å². The maximum Gasteiger partial charge on any atom is 0.00719 e. The number of aryl methyl sites for hydroxylation is 2. The van der Waals surface area contributed by atoms with Crippen molar-refractivity contribution in [3.05, 3.63) is 65.7 Å². The third-order valence-electron chi connectivity index (χ3n) is 2.99. The number of hydrogen-bond donors (Lipinski definition) is 0. The fourth-order valence-electron chi connectivity index (χ4n) is 1.89. The summed E-state index contributed by atoms with van der Waals surface area (Å²) >= 11 is 1.96. The summed E-state index contributed by atoms with van der Waals surface area (Å²) in [5, 5.41) is 0. The summed E-state index contributed by atoms with van der Waals surface area (Å²) in [6.45, 7) is 2.14. The zero-order chi connectivity index (χ0) is 12.6. The largest absolute Gasteiger partial charge is 0.126 e. The predicted octanol–water partition coefficient (Wildman–Crippen LogP) is 5.11. The predicted molar refractivity (Wildman–Crippen MR) is 81.3 cm³/mol. The minimum Gasteiger partial charge on any atom is -0.126 e. The second-order valence-corrected chi connectivity index (χ2v) is 5.77. The van der Waals surface area contributed by atoms with Gasteiger partial charge < -0.3 is 0 Å². The summed E-state index contributed by atoms with van der Waals surface area (Å²) in [6, 6.07) is 19.6. The van der Waals surface area contributed by atoms with Gasteiger partial charge in [0, 0.05) is 4.90 Å². The molecule has 0 aromatic heterocycles. The van der Waals surface area contributed by atoms with Gasteiger partial charge in [-0.3, -0.25) is 0 Å². The molecule has 0 N–H and O–H groups in total. The summed E-state index contributed by atoms with van der Waals surface area (Å²) in [7, 11) is 0. The Kier molecular flexibility index (Phi) is 5.35. The standard InChI is InChI=1S/C17H20S/c1-15-10-12-16(13-11-15)7-5-6-14-18-17-8-3-2-4-9-17/h2-4,8-13H,5-7,14H2,1H3. The molecule has 0 unspecified atom stereocenters. The lowest BCUT2D eigenvalue weighted by Crippen LogP contribution is -1.87. The maximum absolute atomic E-state index is 2.25. The number of hydrogen-bond acceptors (Lipinski definition) is 1. The van der Waals surface area contributed by atoms with E-state index in [-0.39, 0.29) is 0 Å². The van der Waals surface area contributed by atoms with E-state index < -0.39 is 0 Å². The molecule has 0 aliphatic carbocycles. The highest BCUT2D eigenvalue weighted by atomic mass is 32.2. The highest BCUT2D eigenvalue weighted by molar-refractivity contribution is 7.99. The van der Waals surface area contributed by atoms with Gasteiger partial charge in [0.25, 0.3) is 0 Å². The summed E-state index contributed by atoms with van der Waals surface area (Å²) in [6.07, 6.45) is 3.77. The van der Waals surface area contributed by atoms with Crippen molar-refractivity contribution < 1.29 is 0 Å². The smallest absolute Gasteiger partial charge is 0.00719 e. The molecule has 1 heteroatoms. The van der Waals surface area contributed by atoms with Crippen LogP contribution in [0.5, 0.6) is 0 Å². The lowest BCUT2D eigenvalue weighted by atomic mass is 10.1. The van der Waals surface area contributed by atoms with E-state index in [2.05, 4.69) is 61.5 Å². The minimum absolute atomic E-state index is 1.20. The van der Waals surface area contributed by atoms with Gasteiger partial charge in [0.2, 0.25) is 0 Å². The molecular weight excluding hydrogens is 236 g/mol. The van der Waals surface area contributed by atoms with Crippen LogP contribution in [-0.2, 0) is 6.42 Å². The van der Waals surface area contributed by atoms with E-state index in [9.17, 15) is 0 Å². The van der Waals surface area contributed by atoms with Crippen LogP contribution in [0.15, 0.2) is 59.5 Å².